The number of carbonyl (C=O) groups is 1. The minimum Gasteiger partial charge on any atom is -0.331 e. The Morgan fingerprint density at radius 1 is 1.15 bits per heavy atom. The highest BCUT2D eigenvalue weighted by Crippen LogP contribution is 2.32. The van der Waals surface area contributed by atoms with Gasteiger partial charge in [0.1, 0.15) is 0 Å². The maximum absolute atomic E-state index is 13.5. The highest BCUT2D eigenvalue weighted by atomic mass is 16.2. The number of hydrogen-bond acceptors (Lipinski definition) is 3. The molecule has 5 heteroatoms. The molecular formula is C21H28N4O. The molecule has 1 aromatic heterocycles. The second-order valence-corrected chi connectivity index (χ2v) is 7.94. The maximum atomic E-state index is 13.5. The molecule has 3 heterocycles. The number of benzene rings is 1. The monoisotopic (exact) mass is 352 g/mol. The molecule has 138 valence electrons. The lowest BCUT2D eigenvalue weighted by Gasteiger charge is -2.28. The highest BCUT2D eigenvalue weighted by molar-refractivity contribution is 5.96. The Balaban J connectivity index is 1.72. The smallest absolute Gasteiger partial charge is 0.257 e. The predicted molar refractivity (Wildman–Crippen MR) is 103 cm³/mol. The molecule has 0 spiro atoms. The highest BCUT2D eigenvalue weighted by Gasteiger charge is 2.39. The van der Waals surface area contributed by atoms with Crippen LogP contribution in [0.15, 0.2) is 30.5 Å². The number of amides is 1. The van der Waals surface area contributed by atoms with E-state index in [1.807, 2.05) is 4.68 Å². The molecular weight excluding hydrogens is 324 g/mol. The average Bonchev–Trinajstić information content (AvgIpc) is 3.15. The van der Waals surface area contributed by atoms with E-state index in [1.165, 1.54) is 5.56 Å². The van der Waals surface area contributed by atoms with Crippen LogP contribution in [-0.4, -0.2) is 45.8 Å². The van der Waals surface area contributed by atoms with Crippen LogP contribution in [0.3, 0.4) is 0 Å². The van der Waals surface area contributed by atoms with Crippen LogP contribution in [-0.2, 0) is 0 Å². The first-order chi connectivity index (χ1) is 12.6. The fraction of sp³-hybridized carbons (Fsp3) is 0.524. The van der Waals surface area contributed by atoms with E-state index < -0.39 is 0 Å². The Kier molecular flexibility index (Phi) is 4.57. The van der Waals surface area contributed by atoms with Crippen molar-refractivity contribution < 1.29 is 4.79 Å². The molecule has 2 fully saturated rings. The number of nitrogens with one attached hydrogen (secondary N) is 1. The van der Waals surface area contributed by atoms with E-state index >= 15 is 0 Å². The molecule has 1 amide bonds. The number of aryl methyl sites for hydroxylation is 1. The number of aromatic nitrogens is 2. The van der Waals surface area contributed by atoms with Gasteiger partial charge in [-0.3, -0.25) is 4.79 Å². The normalized spacial score (nSPS) is 22.7. The van der Waals surface area contributed by atoms with Gasteiger partial charge in [-0.05, 0) is 50.8 Å². The third kappa shape index (κ3) is 2.94. The van der Waals surface area contributed by atoms with E-state index in [4.69, 9.17) is 0 Å². The Labute approximate surface area is 155 Å². The summed E-state index contributed by atoms with van der Waals surface area (Å²) in [6.45, 7) is 8.26. The minimum atomic E-state index is 0.156. The Bertz CT molecular complexity index is 779. The largest absolute Gasteiger partial charge is 0.331 e. The van der Waals surface area contributed by atoms with E-state index in [-0.39, 0.29) is 11.8 Å². The van der Waals surface area contributed by atoms with Gasteiger partial charge in [-0.1, -0.05) is 31.5 Å². The number of hydrogen-bond donors (Lipinski definition) is 1. The summed E-state index contributed by atoms with van der Waals surface area (Å²) in [7, 11) is 0. The van der Waals surface area contributed by atoms with Crippen LogP contribution in [0.2, 0.25) is 0 Å². The van der Waals surface area contributed by atoms with Crippen molar-refractivity contribution in [2.45, 2.75) is 58.0 Å². The van der Waals surface area contributed by atoms with Gasteiger partial charge in [0, 0.05) is 18.6 Å². The average molecular weight is 352 g/mol. The summed E-state index contributed by atoms with van der Waals surface area (Å²) < 4.78 is 1.94. The number of rotatable bonds is 3. The Morgan fingerprint density at radius 3 is 2.62 bits per heavy atom. The lowest BCUT2D eigenvalue weighted by Crippen LogP contribution is -2.42. The van der Waals surface area contributed by atoms with Gasteiger partial charge in [0.05, 0.1) is 23.1 Å². The summed E-state index contributed by atoms with van der Waals surface area (Å²) in [6, 6.07) is 9.00. The van der Waals surface area contributed by atoms with Crippen molar-refractivity contribution >= 4 is 5.91 Å². The molecule has 0 aliphatic carbocycles. The zero-order chi connectivity index (χ0) is 18.3. The zero-order valence-corrected chi connectivity index (χ0v) is 15.9. The first kappa shape index (κ1) is 17.3. The molecule has 1 N–H and O–H groups in total. The van der Waals surface area contributed by atoms with E-state index in [2.05, 4.69) is 60.4 Å². The maximum Gasteiger partial charge on any atom is 0.257 e. The summed E-state index contributed by atoms with van der Waals surface area (Å²) in [5.41, 5.74) is 4.01. The van der Waals surface area contributed by atoms with E-state index in [9.17, 15) is 4.79 Å². The molecule has 0 saturated carbocycles. The fourth-order valence-corrected chi connectivity index (χ4v) is 4.42. The van der Waals surface area contributed by atoms with E-state index in [0.29, 0.717) is 12.1 Å². The molecule has 2 atom stereocenters. The van der Waals surface area contributed by atoms with Crippen molar-refractivity contribution in [2.24, 2.45) is 0 Å². The molecule has 2 aliphatic rings. The molecule has 1 aromatic carbocycles. The summed E-state index contributed by atoms with van der Waals surface area (Å²) in [5, 5.41) is 8.07. The van der Waals surface area contributed by atoms with Crippen molar-refractivity contribution in [1.82, 2.24) is 20.0 Å². The minimum absolute atomic E-state index is 0.156. The standard InChI is InChI=1S/C21H28N4O/c1-14(2)20-19(13-23-25(20)17-6-4-15(3)5-7-17)21(26)24-16-8-9-18(24)12-22-11-10-16/h4-7,13-14,16,18,22H,8-12H2,1-3H3. The van der Waals surface area contributed by atoms with Gasteiger partial charge < -0.3 is 10.2 Å². The lowest BCUT2D eigenvalue weighted by atomic mass is 10.0. The van der Waals surface area contributed by atoms with Crippen LogP contribution >= 0.6 is 0 Å². The third-order valence-corrected chi connectivity index (χ3v) is 5.75. The molecule has 2 unspecified atom stereocenters. The fourth-order valence-electron chi connectivity index (χ4n) is 4.42. The second-order valence-electron chi connectivity index (χ2n) is 7.94. The summed E-state index contributed by atoms with van der Waals surface area (Å²) in [5.74, 6) is 0.378. The first-order valence-electron chi connectivity index (χ1n) is 9.74. The zero-order valence-electron chi connectivity index (χ0n) is 15.9. The van der Waals surface area contributed by atoms with E-state index in [1.54, 1.807) is 6.20 Å². The molecule has 2 saturated heterocycles. The number of carbonyl (C=O) groups excluding carboxylic acids is 1. The van der Waals surface area contributed by atoms with Crippen molar-refractivity contribution in [2.75, 3.05) is 13.1 Å². The quantitative estimate of drug-likeness (QED) is 0.922. The SMILES string of the molecule is Cc1ccc(-n2ncc(C(=O)N3C4CCNCC3CC4)c2C(C)C)cc1. The van der Waals surface area contributed by atoms with Gasteiger partial charge >= 0.3 is 0 Å². The Hall–Kier alpha value is -2.14. The van der Waals surface area contributed by atoms with Crippen LogP contribution in [0.4, 0.5) is 0 Å². The summed E-state index contributed by atoms with van der Waals surface area (Å²) in [4.78, 5) is 15.6. The molecule has 4 rings (SSSR count). The number of nitrogens with zero attached hydrogens (tertiary/aromatic N) is 3. The molecule has 2 bridgehead atoms. The van der Waals surface area contributed by atoms with Gasteiger partial charge in [0.2, 0.25) is 0 Å². The van der Waals surface area contributed by atoms with Crippen LogP contribution in [0.1, 0.15) is 60.6 Å². The van der Waals surface area contributed by atoms with Crippen molar-refractivity contribution in [3.8, 4) is 5.69 Å². The van der Waals surface area contributed by atoms with Crippen molar-refractivity contribution in [3.63, 3.8) is 0 Å². The summed E-state index contributed by atoms with van der Waals surface area (Å²) in [6.07, 6.45) is 5.05. The van der Waals surface area contributed by atoms with Crippen LogP contribution in [0.25, 0.3) is 5.69 Å². The summed E-state index contributed by atoms with van der Waals surface area (Å²) >= 11 is 0. The van der Waals surface area contributed by atoms with Crippen LogP contribution in [0.5, 0.6) is 0 Å². The van der Waals surface area contributed by atoms with Gasteiger partial charge in [-0.2, -0.15) is 5.10 Å². The van der Waals surface area contributed by atoms with Gasteiger partial charge in [0.15, 0.2) is 0 Å². The van der Waals surface area contributed by atoms with Gasteiger partial charge in [0.25, 0.3) is 5.91 Å². The predicted octanol–water partition coefficient (Wildman–Crippen LogP) is 3.27. The van der Waals surface area contributed by atoms with Crippen LogP contribution in [0, 0.1) is 6.92 Å². The molecule has 5 nitrogen and oxygen atoms in total. The second kappa shape index (κ2) is 6.88. The van der Waals surface area contributed by atoms with Gasteiger partial charge in [-0.15, -0.1) is 0 Å². The molecule has 2 aliphatic heterocycles. The van der Waals surface area contributed by atoms with E-state index in [0.717, 1.165) is 49.3 Å². The van der Waals surface area contributed by atoms with Crippen molar-refractivity contribution in [1.29, 1.82) is 0 Å². The van der Waals surface area contributed by atoms with Crippen LogP contribution < -0.4 is 5.32 Å². The number of fused-ring (bicyclic) bond motifs is 2. The van der Waals surface area contributed by atoms with Gasteiger partial charge in [-0.25, -0.2) is 4.68 Å². The third-order valence-electron chi connectivity index (χ3n) is 5.75. The Morgan fingerprint density at radius 2 is 1.88 bits per heavy atom. The first-order valence-corrected chi connectivity index (χ1v) is 9.74. The molecule has 0 radical (unpaired) electrons. The molecule has 26 heavy (non-hydrogen) atoms. The topological polar surface area (TPSA) is 50.2 Å². The van der Waals surface area contributed by atoms with Crippen molar-refractivity contribution in [3.05, 3.63) is 47.3 Å². The lowest BCUT2D eigenvalue weighted by molar-refractivity contribution is 0.0678. The molecule has 2 aromatic rings.